The van der Waals surface area contributed by atoms with Gasteiger partial charge in [-0.25, -0.2) is 0 Å². The SMILES string of the molecule is Cc1cc2c(cc1-c1cc(=O)c3c(C(N)O)nccc3[nH]1)CCCC2(C)C. The van der Waals surface area contributed by atoms with Crippen LogP contribution in [0.4, 0.5) is 0 Å². The van der Waals surface area contributed by atoms with Crippen molar-refractivity contribution in [2.24, 2.45) is 5.73 Å². The molecule has 5 heteroatoms. The van der Waals surface area contributed by atoms with Crippen molar-refractivity contribution in [3.8, 4) is 11.3 Å². The summed E-state index contributed by atoms with van der Waals surface area (Å²) in [6.07, 6.45) is 3.71. The van der Waals surface area contributed by atoms with Crippen molar-refractivity contribution < 1.29 is 5.11 Å². The molecule has 0 spiro atoms. The number of H-pyrrole nitrogens is 1. The number of hydrogen-bond donors (Lipinski definition) is 3. The molecule has 1 aliphatic carbocycles. The number of nitrogens with zero attached hydrogens (tertiary/aromatic N) is 1. The third-order valence-corrected chi connectivity index (χ3v) is 5.77. The van der Waals surface area contributed by atoms with Crippen molar-refractivity contribution in [3.63, 3.8) is 0 Å². The Morgan fingerprint density at radius 2 is 2.07 bits per heavy atom. The Bertz CT molecular complexity index is 1100. The summed E-state index contributed by atoms with van der Waals surface area (Å²) in [6.45, 7) is 6.69. The Kier molecular flexibility index (Phi) is 4.17. The highest BCUT2D eigenvalue weighted by atomic mass is 16.3. The van der Waals surface area contributed by atoms with E-state index in [1.807, 2.05) is 0 Å². The molecule has 0 aliphatic heterocycles. The largest absolute Gasteiger partial charge is 0.373 e. The quantitative estimate of drug-likeness (QED) is 0.608. The van der Waals surface area contributed by atoms with Gasteiger partial charge in [0.05, 0.1) is 16.6 Å². The second-order valence-electron chi connectivity index (χ2n) is 8.17. The topological polar surface area (TPSA) is 92.0 Å². The molecular weight excluding hydrogens is 338 g/mol. The molecule has 1 aromatic carbocycles. The number of aliphatic hydroxyl groups is 1. The average Bonchev–Trinajstić information content (AvgIpc) is 2.61. The van der Waals surface area contributed by atoms with Crippen molar-refractivity contribution in [3.05, 3.63) is 63.1 Å². The summed E-state index contributed by atoms with van der Waals surface area (Å²) in [7, 11) is 0. The van der Waals surface area contributed by atoms with Crippen LogP contribution in [0.25, 0.3) is 22.2 Å². The van der Waals surface area contributed by atoms with Gasteiger partial charge in [-0.05, 0) is 60.4 Å². The lowest BCUT2D eigenvalue weighted by Gasteiger charge is -2.33. The molecule has 3 aromatic rings. The number of nitrogens with one attached hydrogen (secondary N) is 1. The number of pyridine rings is 2. The molecule has 5 nitrogen and oxygen atoms in total. The maximum atomic E-state index is 12.8. The molecule has 2 aromatic heterocycles. The van der Waals surface area contributed by atoms with E-state index in [9.17, 15) is 9.90 Å². The van der Waals surface area contributed by atoms with E-state index in [-0.39, 0.29) is 16.5 Å². The van der Waals surface area contributed by atoms with Crippen LogP contribution < -0.4 is 11.2 Å². The van der Waals surface area contributed by atoms with Crippen LogP contribution in [-0.2, 0) is 11.8 Å². The zero-order valence-electron chi connectivity index (χ0n) is 16.0. The van der Waals surface area contributed by atoms with Gasteiger partial charge in [-0.1, -0.05) is 19.9 Å². The minimum absolute atomic E-state index is 0.186. The van der Waals surface area contributed by atoms with Crippen LogP contribution in [0.5, 0.6) is 0 Å². The van der Waals surface area contributed by atoms with Crippen molar-refractivity contribution in [2.45, 2.75) is 51.7 Å². The van der Waals surface area contributed by atoms with Gasteiger partial charge in [-0.2, -0.15) is 0 Å². The third kappa shape index (κ3) is 2.97. The zero-order valence-corrected chi connectivity index (χ0v) is 16.0. The van der Waals surface area contributed by atoms with E-state index in [4.69, 9.17) is 5.73 Å². The summed E-state index contributed by atoms with van der Waals surface area (Å²) >= 11 is 0. The van der Waals surface area contributed by atoms with Crippen LogP contribution in [0.1, 0.15) is 55.3 Å². The molecule has 1 atom stereocenters. The first-order valence-electron chi connectivity index (χ1n) is 9.38. The van der Waals surface area contributed by atoms with Crippen LogP contribution in [-0.4, -0.2) is 15.1 Å². The molecule has 0 amide bonds. The summed E-state index contributed by atoms with van der Waals surface area (Å²) in [5, 5.41) is 10.1. The fourth-order valence-electron chi connectivity index (χ4n) is 4.33. The molecule has 4 rings (SSSR count). The number of aromatic amines is 1. The Morgan fingerprint density at radius 3 is 2.81 bits per heavy atom. The fraction of sp³-hybridized carbons (Fsp3) is 0.364. The molecule has 0 saturated heterocycles. The maximum absolute atomic E-state index is 12.8. The first-order valence-corrected chi connectivity index (χ1v) is 9.38. The van der Waals surface area contributed by atoms with E-state index in [0.29, 0.717) is 10.9 Å². The van der Waals surface area contributed by atoms with E-state index in [2.05, 4.69) is 42.9 Å². The van der Waals surface area contributed by atoms with Crippen molar-refractivity contribution in [1.82, 2.24) is 9.97 Å². The van der Waals surface area contributed by atoms with Crippen LogP contribution in [0.2, 0.25) is 0 Å². The standard InChI is InChI=1S/C22H25N3O2/c1-12-9-15-13(5-4-7-22(15,2)3)10-14(12)17-11-18(26)19-16(25-17)6-8-24-20(19)21(23)27/h6,8-11,21,27H,4-5,7,23H2,1-3H3,(H,25,26). The van der Waals surface area contributed by atoms with E-state index in [1.54, 1.807) is 18.3 Å². The Labute approximate surface area is 158 Å². The van der Waals surface area contributed by atoms with Gasteiger partial charge < -0.3 is 15.8 Å². The molecule has 4 N–H and O–H groups in total. The van der Waals surface area contributed by atoms with E-state index < -0.39 is 6.23 Å². The molecule has 140 valence electrons. The van der Waals surface area contributed by atoms with Gasteiger partial charge in [0, 0.05) is 23.5 Å². The molecule has 1 unspecified atom stereocenters. The Hall–Kier alpha value is -2.50. The second-order valence-corrected chi connectivity index (χ2v) is 8.17. The Balaban J connectivity index is 1.92. The predicted octanol–water partition coefficient (Wildman–Crippen LogP) is 3.46. The molecule has 2 heterocycles. The van der Waals surface area contributed by atoms with Gasteiger partial charge in [0.1, 0.15) is 6.23 Å². The van der Waals surface area contributed by atoms with Crippen molar-refractivity contribution >= 4 is 10.9 Å². The van der Waals surface area contributed by atoms with E-state index in [1.165, 1.54) is 24.0 Å². The zero-order chi connectivity index (χ0) is 19.3. The number of aromatic nitrogens is 2. The first kappa shape index (κ1) is 17.9. The van der Waals surface area contributed by atoms with Gasteiger partial charge in [-0.15, -0.1) is 0 Å². The average molecular weight is 363 g/mol. The fourth-order valence-corrected chi connectivity index (χ4v) is 4.33. The minimum atomic E-state index is -1.28. The van der Waals surface area contributed by atoms with E-state index >= 15 is 0 Å². The van der Waals surface area contributed by atoms with E-state index in [0.717, 1.165) is 23.2 Å². The lowest BCUT2D eigenvalue weighted by Crippen LogP contribution is -2.24. The molecule has 1 aliphatic rings. The van der Waals surface area contributed by atoms with Crippen LogP contribution in [0, 0.1) is 6.92 Å². The minimum Gasteiger partial charge on any atom is -0.373 e. The molecule has 0 saturated carbocycles. The second kappa shape index (κ2) is 6.29. The monoisotopic (exact) mass is 363 g/mol. The Morgan fingerprint density at radius 1 is 1.30 bits per heavy atom. The maximum Gasteiger partial charge on any atom is 0.192 e. The number of nitrogens with two attached hydrogens (primary N) is 1. The van der Waals surface area contributed by atoms with Gasteiger partial charge >= 0.3 is 0 Å². The number of aliphatic hydroxyl groups excluding tert-OH is 1. The normalized spacial score (nSPS) is 16.9. The predicted molar refractivity (Wildman–Crippen MR) is 108 cm³/mol. The summed E-state index contributed by atoms with van der Waals surface area (Å²) < 4.78 is 0. The van der Waals surface area contributed by atoms with Gasteiger partial charge in [-0.3, -0.25) is 9.78 Å². The number of hydrogen-bond acceptors (Lipinski definition) is 4. The molecule has 0 fully saturated rings. The summed E-state index contributed by atoms with van der Waals surface area (Å²) in [6, 6.07) is 7.82. The first-order chi connectivity index (χ1) is 12.8. The van der Waals surface area contributed by atoms with Gasteiger partial charge in [0.25, 0.3) is 0 Å². The molecule has 0 bridgehead atoms. The van der Waals surface area contributed by atoms with Gasteiger partial charge in [0.15, 0.2) is 5.43 Å². The molecular formula is C22H25N3O2. The van der Waals surface area contributed by atoms with Crippen LogP contribution in [0.3, 0.4) is 0 Å². The lowest BCUT2D eigenvalue weighted by atomic mass is 9.71. The lowest BCUT2D eigenvalue weighted by molar-refractivity contribution is 0.183. The number of fused-ring (bicyclic) bond motifs is 2. The summed E-state index contributed by atoms with van der Waals surface area (Å²) in [5.74, 6) is 0. The number of benzene rings is 1. The highest BCUT2D eigenvalue weighted by molar-refractivity contribution is 5.84. The van der Waals surface area contributed by atoms with Crippen molar-refractivity contribution in [1.29, 1.82) is 0 Å². The van der Waals surface area contributed by atoms with Crippen LogP contribution in [0.15, 0.2) is 35.3 Å². The highest BCUT2D eigenvalue weighted by Gasteiger charge is 2.28. The van der Waals surface area contributed by atoms with Crippen LogP contribution >= 0.6 is 0 Å². The number of rotatable bonds is 2. The summed E-state index contributed by atoms with van der Waals surface area (Å²) in [4.78, 5) is 20.2. The third-order valence-electron chi connectivity index (χ3n) is 5.77. The van der Waals surface area contributed by atoms with Gasteiger partial charge in [0.2, 0.25) is 0 Å². The molecule has 0 radical (unpaired) electrons. The summed E-state index contributed by atoms with van der Waals surface area (Å²) in [5.41, 5.74) is 12.1. The highest BCUT2D eigenvalue weighted by Crippen LogP contribution is 2.39. The van der Waals surface area contributed by atoms with Crippen molar-refractivity contribution in [2.75, 3.05) is 0 Å². The molecule has 27 heavy (non-hydrogen) atoms. The number of aryl methyl sites for hydroxylation is 2. The smallest absolute Gasteiger partial charge is 0.192 e.